The van der Waals surface area contributed by atoms with E-state index >= 15 is 4.39 Å². The van der Waals surface area contributed by atoms with Gasteiger partial charge >= 0.3 is 6.18 Å². The van der Waals surface area contributed by atoms with Gasteiger partial charge in [0.05, 0.1) is 23.9 Å². The van der Waals surface area contributed by atoms with Crippen LogP contribution in [0.4, 0.5) is 23.4 Å². The third-order valence-electron chi connectivity index (χ3n) is 7.36. The number of benzene rings is 1. The van der Waals surface area contributed by atoms with Crippen molar-refractivity contribution in [3.63, 3.8) is 0 Å². The summed E-state index contributed by atoms with van der Waals surface area (Å²) in [5, 5.41) is 4.85. The third-order valence-corrected chi connectivity index (χ3v) is 7.36. The number of ether oxygens (including phenoxy) is 1. The summed E-state index contributed by atoms with van der Waals surface area (Å²) < 4.78 is 64.2. The van der Waals surface area contributed by atoms with E-state index in [2.05, 4.69) is 19.9 Å². The van der Waals surface area contributed by atoms with Gasteiger partial charge in [-0.2, -0.15) is 18.3 Å². The average Bonchev–Trinajstić information content (AvgIpc) is 3.49. The molecule has 1 aliphatic heterocycles. The van der Waals surface area contributed by atoms with Crippen LogP contribution in [0.25, 0.3) is 22.6 Å². The molecule has 0 bridgehead atoms. The zero-order valence-corrected chi connectivity index (χ0v) is 22.4. The number of hydrogen-bond acceptors (Lipinski definition) is 6. The smallest absolute Gasteiger partial charge is 0.434 e. The molecule has 0 spiro atoms. The number of halogens is 4. The van der Waals surface area contributed by atoms with Crippen LogP contribution in [0.1, 0.15) is 62.0 Å². The molecule has 4 heterocycles. The maximum Gasteiger partial charge on any atom is 0.434 e. The Morgan fingerprint density at radius 1 is 1.10 bits per heavy atom. The van der Waals surface area contributed by atoms with Gasteiger partial charge in [0.15, 0.2) is 5.69 Å². The lowest BCUT2D eigenvalue weighted by Gasteiger charge is -2.29. The first kappa shape index (κ1) is 26.3. The minimum Gasteiger partial charge on any atom is -0.480 e. The molecule has 0 N–H and O–H groups in total. The molecule has 6 rings (SSSR count). The molecule has 0 saturated heterocycles. The highest BCUT2D eigenvalue weighted by Gasteiger charge is 2.36. The maximum atomic E-state index is 15.4. The standard InChI is InChI=1S/C28H29F4N7O/c1-16(2)38-14-22(28(30,31)32)35-26(38)19-8-5-17(11-20(19)29)13-37-9-4-10-39-23(37)12-21(36-39)24-25(18-6-7-18)33-15-34-27(24)40-3/h5,8,11-12,14-16,18H,4,6-7,9-10,13H2,1-3H3. The molecule has 0 unspecified atom stereocenters. The van der Waals surface area contributed by atoms with Crippen molar-refractivity contribution >= 4 is 5.82 Å². The lowest BCUT2D eigenvalue weighted by Crippen LogP contribution is -2.31. The van der Waals surface area contributed by atoms with Gasteiger partial charge in [-0.25, -0.2) is 24.0 Å². The Kier molecular flexibility index (Phi) is 6.50. The van der Waals surface area contributed by atoms with Crippen molar-refractivity contribution in [2.45, 2.75) is 64.3 Å². The second-order valence-electron chi connectivity index (χ2n) is 10.6. The molecule has 12 heteroatoms. The lowest BCUT2D eigenvalue weighted by atomic mass is 10.1. The Labute approximate surface area is 228 Å². The highest BCUT2D eigenvalue weighted by molar-refractivity contribution is 5.71. The highest BCUT2D eigenvalue weighted by Crippen LogP contribution is 2.46. The van der Waals surface area contributed by atoms with Gasteiger partial charge in [-0.1, -0.05) is 6.07 Å². The number of aryl methyl sites for hydroxylation is 1. The Morgan fingerprint density at radius 3 is 2.58 bits per heavy atom. The van der Waals surface area contributed by atoms with Crippen LogP contribution in [0.15, 0.2) is 36.8 Å². The van der Waals surface area contributed by atoms with Crippen LogP contribution in [0.3, 0.4) is 0 Å². The Morgan fingerprint density at radius 2 is 1.90 bits per heavy atom. The number of anilines is 1. The van der Waals surface area contributed by atoms with Gasteiger partial charge in [-0.3, -0.25) is 0 Å². The van der Waals surface area contributed by atoms with Gasteiger partial charge in [0.2, 0.25) is 5.88 Å². The van der Waals surface area contributed by atoms with Gasteiger partial charge in [0, 0.05) is 43.9 Å². The third kappa shape index (κ3) is 4.79. The topological polar surface area (TPSA) is 73.9 Å². The predicted octanol–water partition coefficient (Wildman–Crippen LogP) is 6.24. The summed E-state index contributed by atoms with van der Waals surface area (Å²) in [6.45, 7) is 5.37. The first-order valence-corrected chi connectivity index (χ1v) is 13.3. The van der Waals surface area contributed by atoms with Crippen molar-refractivity contribution in [1.82, 2.24) is 29.3 Å². The largest absolute Gasteiger partial charge is 0.480 e. The summed E-state index contributed by atoms with van der Waals surface area (Å²) in [5.74, 6) is 1.10. The predicted molar refractivity (Wildman–Crippen MR) is 140 cm³/mol. The fourth-order valence-electron chi connectivity index (χ4n) is 5.26. The number of imidazole rings is 1. The van der Waals surface area contributed by atoms with E-state index < -0.39 is 17.7 Å². The molecule has 4 aromatic rings. The fourth-order valence-corrected chi connectivity index (χ4v) is 5.26. The molecule has 0 amide bonds. The summed E-state index contributed by atoms with van der Waals surface area (Å²) >= 11 is 0. The molecule has 40 heavy (non-hydrogen) atoms. The highest BCUT2D eigenvalue weighted by atomic mass is 19.4. The van der Waals surface area contributed by atoms with E-state index in [4.69, 9.17) is 9.84 Å². The van der Waals surface area contributed by atoms with Crippen molar-refractivity contribution in [3.8, 4) is 28.5 Å². The number of aromatic nitrogens is 6. The van der Waals surface area contributed by atoms with E-state index in [1.54, 1.807) is 27.0 Å². The van der Waals surface area contributed by atoms with Crippen LogP contribution >= 0.6 is 0 Å². The van der Waals surface area contributed by atoms with Crippen molar-refractivity contribution in [2.24, 2.45) is 0 Å². The molecule has 0 atom stereocenters. The Hall–Kier alpha value is -3.96. The van der Waals surface area contributed by atoms with Crippen molar-refractivity contribution in [3.05, 3.63) is 59.6 Å². The van der Waals surface area contributed by atoms with Gasteiger partial charge in [0.1, 0.15) is 29.5 Å². The summed E-state index contributed by atoms with van der Waals surface area (Å²) in [6, 6.07) is 6.29. The molecule has 1 aliphatic carbocycles. The molecule has 1 saturated carbocycles. The van der Waals surface area contributed by atoms with E-state index in [1.165, 1.54) is 23.0 Å². The number of alkyl halides is 3. The van der Waals surface area contributed by atoms with Gasteiger partial charge in [-0.05, 0) is 50.8 Å². The van der Waals surface area contributed by atoms with Crippen LogP contribution in [-0.4, -0.2) is 43.0 Å². The second-order valence-corrected chi connectivity index (χ2v) is 10.6. The first-order chi connectivity index (χ1) is 19.1. The average molecular weight is 556 g/mol. The number of hydrogen-bond donors (Lipinski definition) is 0. The molecular weight excluding hydrogens is 526 g/mol. The van der Waals surface area contributed by atoms with Gasteiger partial charge < -0.3 is 14.2 Å². The molecule has 0 radical (unpaired) electrons. The van der Waals surface area contributed by atoms with Gasteiger partial charge in [-0.15, -0.1) is 0 Å². The zero-order valence-electron chi connectivity index (χ0n) is 22.4. The molecule has 1 fully saturated rings. The normalized spacial score (nSPS) is 15.6. The van der Waals surface area contributed by atoms with Crippen LogP contribution in [0.5, 0.6) is 5.88 Å². The molecule has 8 nitrogen and oxygen atoms in total. The summed E-state index contributed by atoms with van der Waals surface area (Å²) in [6.07, 6.45) is 0.845. The summed E-state index contributed by atoms with van der Waals surface area (Å²) in [7, 11) is 1.58. The number of fused-ring (bicyclic) bond motifs is 1. The van der Waals surface area contributed by atoms with Crippen molar-refractivity contribution in [1.29, 1.82) is 0 Å². The van der Waals surface area contributed by atoms with E-state index in [1.807, 2.05) is 10.7 Å². The van der Waals surface area contributed by atoms with Crippen molar-refractivity contribution in [2.75, 3.05) is 18.6 Å². The molecular formula is C28H29F4N7O. The molecule has 210 valence electrons. The number of rotatable bonds is 7. The molecule has 1 aromatic carbocycles. The number of methoxy groups -OCH3 is 1. The van der Waals surface area contributed by atoms with Crippen LogP contribution in [0.2, 0.25) is 0 Å². The minimum atomic E-state index is -4.61. The Bertz CT molecular complexity index is 1550. The monoisotopic (exact) mass is 555 g/mol. The van der Waals surface area contributed by atoms with Crippen molar-refractivity contribution < 1.29 is 22.3 Å². The first-order valence-electron chi connectivity index (χ1n) is 13.3. The minimum absolute atomic E-state index is 0.0303. The second kappa shape index (κ2) is 9.90. The number of nitrogens with zero attached hydrogens (tertiary/aromatic N) is 7. The van der Waals surface area contributed by atoms with Crippen LogP contribution < -0.4 is 9.64 Å². The SMILES string of the molecule is COc1ncnc(C2CC2)c1-c1cc2n(n1)CCCN2Cc1ccc(-c2nc(C(F)(F)F)cn2C(C)C)c(F)c1. The van der Waals surface area contributed by atoms with E-state index in [9.17, 15) is 13.2 Å². The fraction of sp³-hybridized carbons (Fsp3) is 0.429. The Balaban J connectivity index is 1.30. The molecule has 3 aromatic heterocycles. The van der Waals surface area contributed by atoms with Crippen LogP contribution in [-0.2, 0) is 19.3 Å². The summed E-state index contributed by atoms with van der Waals surface area (Å²) in [4.78, 5) is 14.7. The summed E-state index contributed by atoms with van der Waals surface area (Å²) in [5.41, 5.74) is 2.17. The van der Waals surface area contributed by atoms with E-state index in [0.717, 1.165) is 61.3 Å². The quantitative estimate of drug-likeness (QED) is 0.252. The van der Waals surface area contributed by atoms with Crippen LogP contribution in [0, 0.1) is 5.82 Å². The van der Waals surface area contributed by atoms with E-state index in [0.29, 0.717) is 23.9 Å². The van der Waals surface area contributed by atoms with Gasteiger partial charge in [0.25, 0.3) is 0 Å². The van der Waals surface area contributed by atoms with E-state index in [-0.39, 0.29) is 17.4 Å². The maximum absolute atomic E-state index is 15.4. The zero-order chi connectivity index (χ0) is 28.2. The molecule has 2 aliphatic rings. The lowest BCUT2D eigenvalue weighted by molar-refractivity contribution is -0.140.